The molecule has 0 saturated heterocycles. The van der Waals surface area contributed by atoms with Gasteiger partial charge >= 0.3 is 0 Å². The highest BCUT2D eigenvalue weighted by Gasteiger charge is 2.17. The number of rotatable bonds is 7. The normalized spacial score (nSPS) is 13.3. The van der Waals surface area contributed by atoms with E-state index in [0.29, 0.717) is 6.61 Å². The number of nitrogens with one attached hydrogen (secondary N) is 1. The van der Waals surface area contributed by atoms with Crippen LogP contribution in [-0.4, -0.2) is 22.1 Å². The molecule has 0 saturated carbocycles. The molecule has 1 rings (SSSR count). The quantitative estimate of drug-likeness (QED) is 0.595. The van der Waals surface area contributed by atoms with E-state index in [1.165, 1.54) is 0 Å². The number of hydrogen-bond donors (Lipinski definition) is 2. The summed E-state index contributed by atoms with van der Waals surface area (Å²) in [5.41, 5.74) is 3.92. The average Bonchev–Trinajstić information content (AvgIpc) is 2.36. The number of ether oxygens (including phenoxy) is 1. The van der Waals surface area contributed by atoms with Crippen molar-refractivity contribution < 1.29 is 4.74 Å². The highest BCUT2D eigenvalue weighted by molar-refractivity contribution is 8.00. The zero-order valence-electron chi connectivity index (χ0n) is 12.3. The number of pyridine rings is 1. The monoisotopic (exact) mass is 283 g/mol. The Morgan fingerprint density at radius 3 is 2.74 bits per heavy atom. The number of hydrazine groups is 1. The first-order valence-electron chi connectivity index (χ1n) is 6.64. The van der Waals surface area contributed by atoms with E-state index >= 15 is 0 Å². The summed E-state index contributed by atoms with van der Waals surface area (Å²) in [4.78, 5) is 4.22. The van der Waals surface area contributed by atoms with Gasteiger partial charge in [0.15, 0.2) is 0 Å². The fourth-order valence-electron chi connectivity index (χ4n) is 1.50. The molecule has 1 unspecified atom stereocenters. The van der Waals surface area contributed by atoms with Crippen LogP contribution in [0.25, 0.3) is 0 Å². The van der Waals surface area contributed by atoms with Crippen LogP contribution in [-0.2, 0) is 0 Å². The Kier molecular flexibility index (Phi) is 6.62. The summed E-state index contributed by atoms with van der Waals surface area (Å²) in [7, 11) is 0. The van der Waals surface area contributed by atoms with Crippen LogP contribution in [0.3, 0.4) is 0 Å². The largest absolute Gasteiger partial charge is 0.492 e. The van der Waals surface area contributed by atoms with Crippen LogP contribution in [0.15, 0.2) is 18.5 Å². The maximum atomic E-state index is 5.65. The minimum Gasteiger partial charge on any atom is -0.492 e. The Labute approximate surface area is 120 Å². The first kappa shape index (κ1) is 16.3. The number of hydrogen-bond acceptors (Lipinski definition) is 5. The van der Waals surface area contributed by atoms with Crippen molar-refractivity contribution in [1.82, 2.24) is 10.4 Å². The summed E-state index contributed by atoms with van der Waals surface area (Å²) in [5.74, 6) is 7.36. The predicted molar refractivity (Wildman–Crippen MR) is 82.3 cm³/mol. The average molecular weight is 283 g/mol. The zero-order chi connectivity index (χ0) is 14.3. The van der Waals surface area contributed by atoms with Crippen molar-refractivity contribution in [2.75, 3.05) is 12.4 Å². The van der Waals surface area contributed by atoms with Gasteiger partial charge in [-0.3, -0.25) is 16.3 Å². The van der Waals surface area contributed by atoms with Gasteiger partial charge in [-0.1, -0.05) is 27.7 Å². The third-order valence-electron chi connectivity index (χ3n) is 2.49. The molecular formula is C14H25N3OS. The number of thioether (sulfide) groups is 1. The summed E-state index contributed by atoms with van der Waals surface area (Å²) >= 11 is 1.87. The van der Waals surface area contributed by atoms with Gasteiger partial charge in [0.1, 0.15) is 5.75 Å². The molecule has 1 aromatic heterocycles. The van der Waals surface area contributed by atoms with Crippen LogP contribution in [0.1, 0.15) is 45.7 Å². The second kappa shape index (κ2) is 7.72. The lowest BCUT2D eigenvalue weighted by Gasteiger charge is -2.22. The molecular weight excluding hydrogens is 258 g/mol. The zero-order valence-corrected chi connectivity index (χ0v) is 13.1. The molecule has 0 bridgehead atoms. The van der Waals surface area contributed by atoms with Crippen molar-refractivity contribution in [2.24, 2.45) is 5.84 Å². The minimum absolute atomic E-state index is 0.0851. The summed E-state index contributed by atoms with van der Waals surface area (Å²) in [6, 6.07) is 2.10. The fraction of sp³-hybridized carbons (Fsp3) is 0.643. The Morgan fingerprint density at radius 2 is 2.16 bits per heavy atom. The van der Waals surface area contributed by atoms with E-state index in [2.05, 4.69) is 38.1 Å². The van der Waals surface area contributed by atoms with Gasteiger partial charge in [-0.2, -0.15) is 11.8 Å². The first-order chi connectivity index (χ1) is 8.96. The van der Waals surface area contributed by atoms with Crippen LogP contribution < -0.4 is 16.0 Å². The third-order valence-corrected chi connectivity index (χ3v) is 3.86. The number of aromatic nitrogens is 1. The smallest absolute Gasteiger partial charge is 0.137 e. The molecule has 1 aromatic rings. The van der Waals surface area contributed by atoms with Crippen LogP contribution >= 0.6 is 11.8 Å². The summed E-state index contributed by atoms with van der Waals surface area (Å²) in [6.07, 6.45) is 4.57. The first-order valence-corrected chi connectivity index (χ1v) is 7.62. The van der Waals surface area contributed by atoms with Gasteiger partial charge in [-0.05, 0) is 18.1 Å². The molecule has 0 fully saturated rings. The van der Waals surface area contributed by atoms with Gasteiger partial charge in [-0.25, -0.2) is 0 Å². The van der Waals surface area contributed by atoms with Crippen molar-refractivity contribution in [1.29, 1.82) is 0 Å². The second-order valence-corrected chi connectivity index (χ2v) is 7.29. The van der Waals surface area contributed by atoms with E-state index < -0.39 is 0 Å². The molecule has 0 aliphatic carbocycles. The summed E-state index contributed by atoms with van der Waals surface area (Å²) in [5, 5.41) is 0. The highest BCUT2D eigenvalue weighted by atomic mass is 32.2. The lowest BCUT2D eigenvalue weighted by molar-refractivity contribution is 0.315. The van der Waals surface area contributed by atoms with Crippen molar-refractivity contribution in [3.05, 3.63) is 24.0 Å². The summed E-state index contributed by atoms with van der Waals surface area (Å²) < 4.78 is 5.82. The number of nitrogens with two attached hydrogens (primary N) is 1. The molecule has 108 valence electrons. The van der Waals surface area contributed by atoms with Gasteiger partial charge in [0.25, 0.3) is 0 Å². The van der Waals surface area contributed by atoms with E-state index in [0.717, 1.165) is 23.5 Å². The van der Waals surface area contributed by atoms with Crippen molar-refractivity contribution in [2.45, 2.75) is 44.9 Å². The molecule has 1 atom stereocenters. The SMILES string of the molecule is CCCOc1cncc(C(CSC(C)(C)C)NN)c1. The molecule has 3 N–H and O–H groups in total. The highest BCUT2D eigenvalue weighted by Crippen LogP contribution is 2.28. The Morgan fingerprint density at radius 1 is 1.42 bits per heavy atom. The second-order valence-electron chi connectivity index (χ2n) is 5.45. The van der Waals surface area contributed by atoms with Crippen LogP contribution in [0.4, 0.5) is 0 Å². The standard InChI is InChI=1S/C14H25N3OS/c1-5-6-18-12-7-11(8-16-9-12)13(17-15)10-19-14(2,3)4/h7-9,13,17H,5-6,10,15H2,1-4H3. The molecule has 19 heavy (non-hydrogen) atoms. The van der Waals surface area contributed by atoms with E-state index in [9.17, 15) is 0 Å². The minimum atomic E-state index is 0.0851. The summed E-state index contributed by atoms with van der Waals surface area (Å²) in [6.45, 7) is 9.39. The lowest BCUT2D eigenvalue weighted by atomic mass is 10.1. The Balaban J connectivity index is 2.69. The molecule has 0 amide bonds. The Hall–Kier alpha value is -0.780. The lowest BCUT2D eigenvalue weighted by Crippen LogP contribution is -2.31. The van der Waals surface area contributed by atoms with Gasteiger partial charge < -0.3 is 4.74 Å². The predicted octanol–water partition coefficient (Wildman–Crippen LogP) is 2.91. The molecule has 1 heterocycles. The van der Waals surface area contributed by atoms with Crippen LogP contribution in [0, 0.1) is 0 Å². The van der Waals surface area contributed by atoms with Crippen molar-refractivity contribution >= 4 is 11.8 Å². The maximum absolute atomic E-state index is 5.65. The maximum Gasteiger partial charge on any atom is 0.137 e. The molecule has 0 spiro atoms. The van der Waals surface area contributed by atoms with E-state index in [1.807, 2.05) is 24.0 Å². The van der Waals surface area contributed by atoms with Gasteiger partial charge in [0, 0.05) is 16.7 Å². The van der Waals surface area contributed by atoms with Crippen LogP contribution in [0.5, 0.6) is 5.75 Å². The molecule has 0 radical (unpaired) electrons. The molecule has 0 aliphatic rings. The number of nitrogens with zero attached hydrogens (tertiary/aromatic N) is 1. The molecule has 0 aliphatic heterocycles. The molecule has 5 heteroatoms. The van der Waals surface area contributed by atoms with E-state index in [4.69, 9.17) is 10.6 Å². The Bertz CT molecular complexity index is 379. The topological polar surface area (TPSA) is 60.2 Å². The van der Waals surface area contributed by atoms with E-state index in [1.54, 1.807) is 6.20 Å². The molecule has 0 aromatic carbocycles. The van der Waals surface area contributed by atoms with Crippen molar-refractivity contribution in [3.63, 3.8) is 0 Å². The van der Waals surface area contributed by atoms with Gasteiger partial charge in [0.2, 0.25) is 0 Å². The van der Waals surface area contributed by atoms with Crippen molar-refractivity contribution in [3.8, 4) is 5.75 Å². The van der Waals surface area contributed by atoms with Crippen LogP contribution in [0.2, 0.25) is 0 Å². The van der Waals surface area contributed by atoms with Gasteiger partial charge in [0.05, 0.1) is 18.8 Å². The third kappa shape index (κ3) is 6.27. The van der Waals surface area contributed by atoms with Gasteiger partial charge in [-0.15, -0.1) is 0 Å². The molecule has 4 nitrogen and oxygen atoms in total. The fourth-order valence-corrected chi connectivity index (χ4v) is 2.45. The van der Waals surface area contributed by atoms with E-state index in [-0.39, 0.29) is 10.8 Å².